The van der Waals surface area contributed by atoms with Crippen molar-refractivity contribution in [2.45, 2.75) is 25.5 Å². The lowest BCUT2D eigenvalue weighted by Gasteiger charge is -2.36. The maximum Gasteiger partial charge on any atom is 0.137 e. The number of quaternary nitrogens is 1. The maximum atomic E-state index is 10.5. The van der Waals surface area contributed by atoms with Gasteiger partial charge in [-0.05, 0) is 12.1 Å². The molecule has 1 saturated heterocycles. The highest BCUT2D eigenvalue weighted by atomic mass is 16.5. The molecule has 0 spiro atoms. The summed E-state index contributed by atoms with van der Waals surface area (Å²) >= 11 is 0. The highest BCUT2D eigenvalue weighted by Crippen LogP contribution is 2.24. The van der Waals surface area contributed by atoms with Crippen molar-refractivity contribution >= 4 is 0 Å². The molecule has 1 aliphatic rings. The van der Waals surface area contributed by atoms with E-state index >= 15 is 0 Å². The molecule has 2 aromatic rings. The minimum Gasteiger partial charge on any atom is -0.491 e. The highest BCUT2D eigenvalue weighted by Gasteiger charge is 2.34. The van der Waals surface area contributed by atoms with Crippen LogP contribution in [-0.2, 0) is 6.54 Å². The van der Waals surface area contributed by atoms with E-state index in [-0.39, 0.29) is 0 Å². The van der Waals surface area contributed by atoms with E-state index in [1.165, 1.54) is 18.4 Å². The van der Waals surface area contributed by atoms with Crippen LogP contribution in [0.1, 0.15) is 18.4 Å². The van der Waals surface area contributed by atoms with Gasteiger partial charge in [0.25, 0.3) is 0 Å². The third-order valence-electron chi connectivity index (χ3n) is 4.66. The van der Waals surface area contributed by atoms with Gasteiger partial charge >= 0.3 is 0 Å². The molecule has 3 nitrogen and oxygen atoms in total. The zero-order chi connectivity index (χ0) is 16.0. The molecule has 3 heteroatoms. The fraction of sp³-hybridized carbons (Fsp3) is 0.400. The van der Waals surface area contributed by atoms with E-state index < -0.39 is 6.10 Å². The molecule has 0 radical (unpaired) electrons. The average molecular weight is 312 g/mol. The van der Waals surface area contributed by atoms with E-state index in [4.69, 9.17) is 4.74 Å². The Morgan fingerprint density at radius 3 is 2.17 bits per heavy atom. The van der Waals surface area contributed by atoms with E-state index in [9.17, 15) is 5.11 Å². The molecule has 0 aliphatic carbocycles. The van der Waals surface area contributed by atoms with Crippen molar-refractivity contribution in [1.82, 2.24) is 0 Å². The summed E-state index contributed by atoms with van der Waals surface area (Å²) in [7, 11) is 0. The first kappa shape index (κ1) is 16.0. The van der Waals surface area contributed by atoms with Crippen molar-refractivity contribution in [3.05, 3.63) is 66.2 Å². The van der Waals surface area contributed by atoms with E-state index in [0.717, 1.165) is 36.4 Å². The Bertz CT molecular complexity index is 579. The van der Waals surface area contributed by atoms with Crippen LogP contribution in [0.2, 0.25) is 0 Å². The van der Waals surface area contributed by atoms with E-state index in [2.05, 4.69) is 30.3 Å². The quantitative estimate of drug-likeness (QED) is 0.795. The van der Waals surface area contributed by atoms with Crippen LogP contribution in [0.25, 0.3) is 0 Å². The number of benzene rings is 2. The Morgan fingerprint density at radius 2 is 1.52 bits per heavy atom. The van der Waals surface area contributed by atoms with Gasteiger partial charge in [0, 0.05) is 18.4 Å². The molecule has 0 aromatic heterocycles. The minimum atomic E-state index is -0.433. The standard InChI is InChI=1S/C20H26NO2/c22-19(17-23-20-11-5-2-6-12-20)16-21(13-7-8-14-21)15-18-9-3-1-4-10-18/h1-6,9-12,19,22H,7-8,13-17H2/q+1/t19-/m0/s1. The van der Waals surface area contributed by atoms with E-state index in [1.807, 2.05) is 30.3 Å². The second-order valence-electron chi connectivity index (χ2n) is 6.60. The summed E-state index contributed by atoms with van der Waals surface area (Å²) in [6.45, 7) is 4.43. The fourth-order valence-corrected chi connectivity index (χ4v) is 3.59. The number of rotatable bonds is 7. The van der Waals surface area contributed by atoms with Crippen LogP contribution >= 0.6 is 0 Å². The van der Waals surface area contributed by atoms with Gasteiger partial charge in [-0.1, -0.05) is 48.5 Å². The van der Waals surface area contributed by atoms with Gasteiger partial charge in [-0.25, -0.2) is 0 Å². The van der Waals surface area contributed by atoms with Crippen molar-refractivity contribution in [2.75, 3.05) is 26.2 Å². The molecule has 0 amide bonds. The lowest BCUT2D eigenvalue weighted by Crippen LogP contribution is -2.50. The molecule has 0 saturated carbocycles. The Balaban J connectivity index is 1.58. The largest absolute Gasteiger partial charge is 0.491 e. The smallest absolute Gasteiger partial charge is 0.137 e. The number of nitrogens with zero attached hydrogens (tertiary/aromatic N) is 1. The molecule has 1 aliphatic heterocycles. The summed E-state index contributed by atoms with van der Waals surface area (Å²) in [5.74, 6) is 0.822. The molecular formula is C20H26NO2+. The van der Waals surface area contributed by atoms with Gasteiger partial charge in [0.2, 0.25) is 0 Å². The Kier molecular flexibility index (Phi) is 5.31. The van der Waals surface area contributed by atoms with Crippen LogP contribution in [0.15, 0.2) is 60.7 Å². The molecule has 1 atom stereocenters. The second kappa shape index (κ2) is 7.62. The SMILES string of the molecule is O[C@H](COc1ccccc1)C[N+]1(Cc2ccccc2)CCCC1. The van der Waals surface area contributed by atoms with Gasteiger partial charge in [0.1, 0.15) is 31.5 Å². The van der Waals surface area contributed by atoms with Crippen molar-refractivity contribution < 1.29 is 14.3 Å². The van der Waals surface area contributed by atoms with Gasteiger partial charge in [-0.3, -0.25) is 0 Å². The van der Waals surface area contributed by atoms with Crippen molar-refractivity contribution in [2.24, 2.45) is 0 Å². The number of hydrogen-bond donors (Lipinski definition) is 1. The molecule has 1 fully saturated rings. The monoisotopic (exact) mass is 312 g/mol. The van der Waals surface area contributed by atoms with Gasteiger partial charge in [0.05, 0.1) is 13.1 Å². The molecule has 1 N–H and O–H groups in total. The number of likely N-dealkylation sites (tertiary alicyclic amines) is 1. The van der Waals surface area contributed by atoms with Crippen molar-refractivity contribution in [3.8, 4) is 5.75 Å². The van der Waals surface area contributed by atoms with Crippen molar-refractivity contribution in [3.63, 3.8) is 0 Å². The molecule has 2 aromatic carbocycles. The third kappa shape index (κ3) is 4.57. The zero-order valence-corrected chi connectivity index (χ0v) is 13.6. The summed E-state index contributed by atoms with van der Waals surface area (Å²) in [5.41, 5.74) is 1.35. The number of aliphatic hydroxyl groups is 1. The summed E-state index contributed by atoms with van der Waals surface area (Å²) < 4.78 is 6.69. The first-order chi connectivity index (χ1) is 11.3. The number of para-hydroxylation sites is 1. The Labute approximate surface area is 138 Å². The highest BCUT2D eigenvalue weighted by molar-refractivity contribution is 5.20. The first-order valence-electron chi connectivity index (χ1n) is 8.51. The van der Waals surface area contributed by atoms with Crippen LogP contribution in [0, 0.1) is 0 Å². The summed E-state index contributed by atoms with van der Waals surface area (Å²) in [6.07, 6.45) is 2.06. The molecular weight excluding hydrogens is 286 g/mol. The Morgan fingerprint density at radius 1 is 0.913 bits per heavy atom. The normalized spacial score (nSPS) is 17.8. The Hall–Kier alpha value is -1.84. The fourth-order valence-electron chi connectivity index (χ4n) is 3.59. The first-order valence-corrected chi connectivity index (χ1v) is 8.51. The van der Waals surface area contributed by atoms with E-state index in [1.54, 1.807) is 0 Å². The van der Waals surface area contributed by atoms with Crippen molar-refractivity contribution in [1.29, 1.82) is 0 Å². The number of aliphatic hydroxyl groups excluding tert-OH is 1. The predicted molar refractivity (Wildman–Crippen MR) is 92.2 cm³/mol. The molecule has 122 valence electrons. The average Bonchev–Trinajstić information content (AvgIpc) is 3.03. The lowest BCUT2D eigenvalue weighted by atomic mass is 10.1. The van der Waals surface area contributed by atoms with Gasteiger partial charge < -0.3 is 14.3 Å². The topological polar surface area (TPSA) is 29.5 Å². The molecule has 0 bridgehead atoms. The molecule has 3 rings (SSSR count). The van der Waals surface area contributed by atoms with E-state index in [0.29, 0.717) is 6.61 Å². The van der Waals surface area contributed by atoms with Crippen LogP contribution < -0.4 is 4.74 Å². The third-order valence-corrected chi connectivity index (χ3v) is 4.66. The number of hydrogen-bond acceptors (Lipinski definition) is 2. The van der Waals surface area contributed by atoms with Gasteiger partial charge in [-0.2, -0.15) is 0 Å². The second-order valence-corrected chi connectivity index (χ2v) is 6.60. The summed E-state index contributed by atoms with van der Waals surface area (Å²) in [4.78, 5) is 0. The predicted octanol–water partition coefficient (Wildman–Crippen LogP) is 3.24. The maximum absolute atomic E-state index is 10.5. The summed E-state index contributed by atoms with van der Waals surface area (Å²) in [6, 6.07) is 20.3. The zero-order valence-electron chi connectivity index (χ0n) is 13.6. The van der Waals surface area contributed by atoms with Gasteiger partial charge in [0.15, 0.2) is 0 Å². The molecule has 0 unspecified atom stereocenters. The van der Waals surface area contributed by atoms with Crippen LogP contribution in [-0.4, -0.2) is 41.9 Å². The van der Waals surface area contributed by atoms with Gasteiger partial charge in [-0.15, -0.1) is 0 Å². The lowest BCUT2D eigenvalue weighted by molar-refractivity contribution is -0.932. The van der Waals surface area contributed by atoms with Crippen LogP contribution in [0.4, 0.5) is 0 Å². The molecule has 1 heterocycles. The minimum absolute atomic E-state index is 0.360. The molecule has 23 heavy (non-hydrogen) atoms. The number of ether oxygens (including phenoxy) is 1. The summed E-state index contributed by atoms with van der Waals surface area (Å²) in [5, 5.41) is 10.5. The van der Waals surface area contributed by atoms with Crippen LogP contribution in [0.5, 0.6) is 5.75 Å². The van der Waals surface area contributed by atoms with Crippen LogP contribution in [0.3, 0.4) is 0 Å².